The first-order valence-electron chi connectivity index (χ1n) is 14.0. The summed E-state index contributed by atoms with van der Waals surface area (Å²) >= 11 is 0. The normalized spacial score (nSPS) is 12.8. The Labute approximate surface area is 262 Å². The van der Waals surface area contributed by atoms with Crippen LogP contribution in [-0.4, -0.2) is 29.4 Å². The number of carbonyl (C=O) groups excluding carboxylic acids is 2. The number of allylic oxidation sites excluding steroid dienone is 1. The van der Waals surface area contributed by atoms with Gasteiger partial charge in [0, 0.05) is 17.5 Å². The van der Waals surface area contributed by atoms with Crippen LogP contribution in [0.1, 0.15) is 27.9 Å². The van der Waals surface area contributed by atoms with Gasteiger partial charge >= 0.3 is 0 Å². The van der Waals surface area contributed by atoms with Crippen LogP contribution in [0.5, 0.6) is 5.75 Å². The average molecular weight is 650 g/mol. The van der Waals surface area contributed by atoms with E-state index in [4.69, 9.17) is 4.74 Å². The van der Waals surface area contributed by atoms with Gasteiger partial charge in [-0.3, -0.25) is 9.59 Å². The molecule has 0 atom stereocenters. The third-order valence-corrected chi connectivity index (χ3v) is 12.3. The monoisotopic (exact) mass is 648 g/mol. The van der Waals surface area contributed by atoms with Gasteiger partial charge in [-0.15, -0.1) is 0 Å². The van der Waals surface area contributed by atoms with Crippen molar-refractivity contribution >= 4 is 46.1 Å². The highest BCUT2D eigenvalue weighted by atomic mass is 79.9. The van der Waals surface area contributed by atoms with Gasteiger partial charge in [0.25, 0.3) is 0 Å². The maximum absolute atomic E-state index is 12.8. The molecule has 1 aliphatic carbocycles. The maximum Gasteiger partial charge on any atom is 0.237 e. The minimum absolute atomic E-state index is 0. The van der Waals surface area contributed by atoms with Crippen molar-refractivity contribution in [2.75, 3.05) is 12.8 Å². The molecule has 0 saturated heterocycles. The zero-order valence-corrected chi connectivity index (χ0v) is 25.9. The van der Waals surface area contributed by atoms with Gasteiger partial charge in [0.05, 0.1) is 18.3 Å². The van der Waals surface area contributed by atoms with Crippen LogP contribution in [0.2, 0.25) is 0 Å². The summed E-state index contributed by atoms with van der Waals surface area (Å²) in [5.41, 5.74) is 1.10. The lowest BCUT2D eigenvalue weighted by Crippen LogP contribution is -3.00. The fraction of sp³-hybridized carbons (Fsp3) is 0.0811. The number of aliphatic hydroxyl groups excluding tert-OH is 1. The molecule has 0 aliphatic heterocycles. The number of carbonyl (C=O) groups is 2. The zero-order valence-electron chi connectivity index (χ0n) is 23.4. The molecule has 0 aromatic heterocycles. The molecule has 5 aromatic carbocycles. The number of rotatable bonds is 9. The molecule has 4 nitrogen and oxygen atoms in total. The number of aliphatic hydroxyl groups is 1. The van der Waals surface area contributed by atoms with E-state index >= 15 is 0 Å². The second-order valence-electron chi connectivity index (χ2n) is 10.2. The molecule has 0 radical (unpaired) electrons. The zero-order chi connectivity index (χ0) is 28.9. The van der Waals surface area contributed by atoms with Crippen LogP contribution in [0.4, 0.5) is 0 Å². The second kappa shape index (κ2) is 13.3. The number of benzene rings is 5. The lowest BCUT2D eigenvalue weighted by Gasteiger charge is -2.27. The standard InChI is InChI=1S/C37H29O4P.BrH/c38-35-32-19-10-11-20-33(32)36(39)37(40)34(35)27-21-23-28(24-22-27)41-25-12-26-42(29-13-4-1-5-14-29,30-15-6-2-7-16-30)31-17-8-3-9-18-31;/h1-11,13-24H,12,25-26H2;1H. The molecule has 0 amide bonds. The van der Waals surface area contributed by atoms with Crippen LogP contribution in [0.25, 0.3) is 11.3 Å². The van der Waals surface area contributed by atoms with E-state index in [1.54, 1.807) is 48.5 Å². The molecule has 1 N–H and O–H groups in total. The van der Waals surface area contributed by atoms with Crippen LogP contribution in [0.3, 0.4) is 0 Å². The van der Waals surface area contributed by atoms with Crippen molar-refractivity contribution in [3.05, 3.63) is 156 Å². The maximum atomic E-state index is 12.8. The van der Waals surface area contributed by atoms with E-state index in [2.05, 4.69) is 91.0 Å². The van der Waals surface area contributed by atoms with Gasteiger partial charge in [0.15, 0.2) is 0 Å². The van der Waals surface area contributed by atoms with Gasteiger partial charge in [-0.05, 0) is 54.1 Å². The fourth-order valence-corrected chi connectivity index (χ4v) is 10.0. The molecule has 1 aliphatic rings. The molecule has 0 spiro atoms. The number of fused-ring (bicyclic) bond motifs is 1. The first-order valence-corrected chi connectivity index (χ1v) is 16.0. The SMILES string of the molecule is O=C1C(=O)c2ccccc2C(O)=C1c1ccc(OCCC[P+](c2ccccc2)(c2ccccc2)c2ccccc2)cc1.[Br-]. The molecule has 0 saturated carbocycles. The largest absolute Gasteiger partial charge is 1.00 e. The average Bonchev–Trinajstić information content (AvgIpc) is 3.06. The molecular weight excluding hydrogens is 619 g/mol. The smallest absolute Gasteiger partial charge is 0.237 e. The summed E-state index contributed by atoms with van der Waals surface area (Å²) in [7, 11) is -1.93. The summed E-state index contributed by atoms with van der Waals surface area (Å²) in [5.74, 6) is -0.826. The molecule has 6 rings (SSSR count). The molecule has 0 fully saturated rings. The highest BCUT2D eigenvalue weighted by molar-refractivity contribution is 7.95. The number of halogens is 1. The quantitative estimate of drug-likeness (QED) is 0.151. The lowest BCUT2D eigenvalue weighted by atomic mass is 9.85. The van der Waals surface area contributed by atoms with Gasteiger partial charge in [-0.25, -0.2) is 0 Å². The van der Waals surface area contributed by atoms with Crippen LogP contribution in [0.15, 0.2) is 140 Å². The minimum atomic E-state index is -1.93. The third kappa shape index (κ3) is 5.84. The summed E-state index contributed by atoms with van der Waals surface area (Å²) in [6.07, 6.45) is 1.78. The Morgan fingerprint density at radius 2 is 1.02 bits per heavy atom. The Morgan fingerprint density at radius 1 is 0.558 bits per heavy atom. The summed E-state index contributed by atoms with van der Waals surface area (Å²) < 4.78 is 6.17. The predicted molar refractivity (Wildman–Crippen MR) is 172 cm³/mol. The molecule has 5 aromatic rings. The van der Waals surface area contributed by atoms with E-state index in [9.17, 15) is 14.7 Å². The number of ether oxygens (including phenoxy) is 1. The van der Waals surface area contributed by atoms with Crippen molar-refractivity contribution in [1.29, 1.82) is 0 Å². The van der Waals surface area contributed by atoms with Crippen molar-refractivity contribution in [1.82, 2.24) is 0 Å². The van der Waals surface area contributed by atoms with Crippen LogP contribution >= 0.6 is 7.26 Å². The Hall–Kier alpha value is -4.31. The van der Waals surface area contributed by atoms with E-state index in [-0.39, 0.29) is 33.9 Å². The molecule has 214 valence electrons. The van der Waals surface area contributed by atoms with Crippen molar-refractivity contribution in [2.45, 2.75) is 6.42 Å². The minimum Gasteiger partial charge on any atom is -1.00 e. The Balaban J connectivity index is 0.00000368. The summed E-state index contributed by atoms with van der Waals surface area (Å²) in [6, 6.07) is 46.0. The third-order valence-electron chi connectivity index (χ3n) is 7.74. The van der Waals surface area contributed by atoms with Gasteiger partial charge in [0.2, 0.25) is 11.6 Å². The highest BCUT2D eigenvalue weighted by Crippen LogP contribution is 2.55. The van der Waals surface area contributed by atoms with E-state index in [0.717, 1.165) is 12.6 Å². The summed E-state index contributed by atoms with van der Waals surface area (Å²) in [6.45, 7) is 0.520. The van der Waals surface area contributed by atoms with Gasteiger partial charge in [-0.2, -0.15) is 0 Å². The summed E-state index contributed by atoms with van der Waals surface area (Å²) in [4.78, 5) is 25.5. The van der Waals surface area contributed by atoms with E-state index in [1.807, 2.05) is 0 Å². The van der Waals surface area contributed by atoms with Crippen molar-refractivity contribution < 1.29 is 36.4 Å². The Kier molecular flexibility index (Phi) is 9.35. The summed E-state index contributed by atoms with van der Waals surface area (Å²) in [5, 5.41) is 14.9. The van der Waals surface area contributed by atoms with Crippen molar-refractivity contribution in [2.24, 2.45) is 0 Å². The Morgan fingerprint density at radius 3 is 1.53 bits per heavy atom. The molecular formula is C37H30BrO4P. The van der Waals surface area contributed by atoms with Gasteiger partial charge in [0.1, 0.15) is 34.7 Å². The molecule has 6 heteroatoms. The van der Waals surface area contributed by atoms with E-state index < -0.39 is 18.8 Å². The van der Waals surface area contributed by atoms with Crippen molar-refractivity contribution in [3.63, 3.8) is 0 Å². The second-order valence-corrected chi connectivity index (χ2v) is 13.8. The van der Waals surface area contributed by atoms with Gasteiger partial charge < -0.3 is 26.8 Å². The van der Waals surface area contributed by atoms with Crippen LogP contribution < -0.4 is 37.6 Å². The van der Waals surface area contributed by atoms with E-state index in [1.165, 1.54) is 15.9 Å². The predicted octanol–water partition coefficient (Wildman–Crippen LogP) is 3.65. The van der Waals surface area contributed by atoms with E-state index in [0.29, 0.717) is 23.5 Å². The first-order chi connectivity index (χ1) is 20.6. The van der Waals surface area contributed by atoms with Gasteiger partial charge in [-0.1, -0.05) is 91.0 Å². The molecule has 0 heterocycles. The molecule has 0 unspecified atom stereocenters. The molecule has 43 heavy (non-hydrogen) atoms. The lowest BCUT2D eigenvalue weighted by molar-refractivity contribution is -0.110. The number of hydrogen-bond donors (Lipinski definition) is 1. The highest BCUT2D eigenvalue weighted by Gasteiger charge is 2.44. The van der Waals surface area contributed by atoms with Crippen LogP contribution in [-0.2, 0) is 4.79 Å². The van der Waals surface area contributed by atoms with Crippen molar-refractivity contribution in [3.8, 4) is 5.75 Å². The fourth-order valence-electron chi connectivity index (χ4n) is 5.72. The topological polar surface area (TPSA) is 63.6 Å². The number of hydrogen-bond acceptors (Lipinski definition) is 4. The Bertz CT molecular complexity index is 1660. The van der Waals surface area contributed by atoms with Crippen LogP contribution in [0, 0.1) is 0 Å². The molecule has 0 bridgehead atoms. The first kappa shape index (κ1) is 30.2. The number of Topliss-reactive ketones (excluding diaryl/α,β-unsaturated/α-hetero) is 2. The number of ketones is 2.